The fourth-order valence-corrected chi connectivity index (χ4v) is 4.69. The van der Waals surface area contributed by atoms with Crippen LogP contribution in [0, 0.1) is 0 Å². The lowest BCUT2D eigenvalue weighted by Crippen LogP contribution is -2.37. The van der Waals surface area contributed by atoms with E-state index in [4.69, 9.17) is 0 Å². The van der Waals surface area contributed by atoms with E-state index in [0.29, 0.717) is 0 Å². The third-order valence-corrected chi connectivity index (χ3v) is 6.85. The highest BCUT2D eigenvalue weighted by molar-refractivity contribution is 4.84. The standard InChI is InChI=1S/C29H57N2/c1-4-7-10-11-12-13-14-15-16-17-18-19-20-21-22-23-26-31-28-27-30(25-9-6-3)29(31)24-8-5-2/h27-28H,4-26H2,1-3H3/q+1. The summed E-state index contributed by atoms with van der Waals surface area (Å²) < 4.78 is 5.07. The van der Waals surface area contributed by atoms with Crippen molar-refractivity contribution in [2.24, 2.45) is 0 Å². The minimum absolute atomic E-state index is 1.20. The number of imidazole rings is 1. The van der Waals surface area contributed by atoms with Crippen LogP contribution in [0.3, 0.4) is 0 Å². The van der Waals surface area contributed by atoms with Crippen molar-refractivity contribution in [1.29, 1.82) is 0 Å². The summed E-state index contributed by atoms with van der Waals surface area (Å²) in [5, 5.41) is 0. The van der Waals surface area contributed by atoms with E-state index in [1.165, 1.54) is 148 Å². The van der Waals surface area contributed by atoms with Crippen molar-refractivity contribution in [2.75, 3.05) is 0 Å². The molecule has 0 unspecified atom stereocenters. The van der Waals surface area contributed by atoms with Crippen LogP contribution in [-0.4, -0.2) is 4.57 Å². The Morgan fingerprint density at radius 3 is 1.48 bits per heavy atom. The fourth-order valence-electron chi connectivity index (χ4n) is 4.69. The lowest BCUT2D eigenvalue weighted by molar-refractivity contribution is -0.704. The van der Waals surface area contributed by atoms with Crippen LogP contribution in [0.4, 0.5) is 0 Å². The predicted octanol–water partition coefficient (Wildman–Crippen LogP) is 9.18. The molecule has 0 saturated heterocycles. The molecule has 0 aliphatic heterocycles. The first-order chi connectivity index (χ1) is 15.3. The molecule has 182 valence electrons. The van der Waals surface area contributed by atoms with Gasteiger partial charge >= 0.3 is 0 Å². The van der Waals surface area contributed by atoms with E-state index in [-0.39, 0.29) is 0 Å². The molecule has 0 amide bonds. The Hall–Kier alpha value is -0.790. The quantitative estimate of drug-likeness (QED) is 0.120. The van der Waals surface area contributed by atoms with E-state index in [2.05, 4.69) is 42.3 Å². The molecule has 0 atom stereocenters. The van der Waals surface area contributed by atoms with Crippen LogP contribution in [-0.2, 0) is 19.5 Å². The number of hydrogen-bond acceptors (Lipinski definition) is 0. The molecule has 0 radical (unpaired) electrons. The van der Waals surface area contributed by atoms with Gasteiger partial charge in [0, 0.05) is 6.42 Å². The zero-order chi connectivity index (χ0) is 22.4. The SMILES string of the molecule is CCCCCCCCCCCCCCCCCC[n+]1ccn(CCCC)c1CCCC. The van der Waals surface area contributed by atoms with E-state index >= 15 is 0 Å². The van der Waals surface area contributed by atoms with Gasteiger partial charge in [-0.05, 0) is 25.7 Å². The Kier molecular flexibility index (Phi) is 19.2. The highest BCUT2D eigenvalue weighted by atomic mass is 15.1. The molecule has 0 bridgehead atoms. The number of unbranched alkanes of at least 4 members (excludes halogenated alkanes) is 17. The summed E-state index contributed by atoms with van der Waals surface area (Å²) in [6, 6.07) is 0. The number of rotatable bonds is 23. The molecule has 2 heteroatoms. The maximum absolute atomic E-state index is 2.55. The number of aryl methyl sites for hydroxylation is 2. The normalized spacial score (nSPS) is 11.5. The van der Waals surface area contributed by atoms with Crippen molar-refractivity contribution in [3.63, 3.8) is 0 Å². The van der Waals surface area contributed by atoms with Gasteiger partial charge in [-0.25, -0.2) is 9.13 Å². The van der Waals surface area contributed by atoms with Gasteiger partial charge in [0.25, 0.3) is 5.82 Å². The highest BCUT2D eigenvalue weighted by Gasteiger charge is 2.15. The average Bonchev–Trinajstić information content (AvgIpc) is 3.17. The Labute approximate surface area is 196 Å². The summed E-state index contributed by atoms with van der Waals surface area (Å²) >= 11 is 0. The third kappa shape index (κ3) is 14.8. The summed E-state index contributed by atoms with van der Waals surface area (Å²) in [5.74, 6) is 1.57. The van der Waals surface area contributed by atoms with Crippen LogP contribution in [0.15, 0.2) is 12.4 Å². The van der Waals surface area contributed by atoms with Gasteiger partial charge in [0.1, 0.15) is 12.4 Å². The Bertz CT molecular complexity index is 491. The van der Waals surface area contributed by atoms with Gasteiger partial charge in [0.2, 0.25) is 0 Å². The molecular weight excluding hydrogens is 376 g/mol. The number of aromatic nitrogens is 2. The molecule has 2 nitrogen and oxygen atoms in total. The van der Waals surface area contributed by atoms with Crippen LogP contribution in [0.5, 0.6) is 0 Å². The Morgan fingerprint density at radius 1 is 0.548 bits per heavy atom. The van der Waals surface area contributed by atoms with Crippen LogP contribution in [0.1, 0.15) is 155 Å². The first-order valence-corrected chi connectivity index (χ1v) is 14.4. The van der Waals surface area contributed by atoms with Crippen molar-refractivity contribution in [3.8, 4) is 0 Å². The molecule has 1 rings (SSSR count). The molecule has 0 N–H and O–H groups in total. The molecule has 0 aromatic carbocycles. The van der Waals surface area contributed by atoms with E-state index in [0.717, 1.165) is 0 Å². The van der Waals surface area contributed by atoms with Crippen molar-refractivity contribution in [2.45, 2.75) is 169 Å². The maximum atomic E-state index is 2.55. The zero-order valence-corrected chi connectivity index (χ0v) is 21.8. The zero-order valence-electron chi connectivity index (χ0n) is 21.8. The molecule has 0 saturated carbocycles. The number of hydrogen-bond donors (Lipinski definition) is 0. The predicted molar refractivity (Wildman–Crippen MR) is 138 cm³/mol. The van der Waals surface area contributed by atoms with Crippen LogP contribution >= 0.6 is 0 Å². The average molecular weight is 434 g/mol. The molecule has 0 fully saturated rings. The minimum atomic E-state index is 1.20. The lowest BCUT2D eigenvalue weighted by atomic mass is 10.0. The second kappa shape index (κ2) is 21.1. The summed E-state index contributed by atoms with van der Waals surface area (Å²) in [7, 11) is 0. The summed E-state index contributed by atoms with van der Waals surface area (Å²) in [6.07, 6.45) is 34.2. The van der Waals surface area contributed by atoms with Crippen molar-refractivity contribution < 1.29 is 4.57 Å². The highest BCUT2D eigenvalue weighted by Crippen LogP contribution is 2.14. The minimum Gasteiger partial charge on any atom is -0.234 e. The summed E-state index contributed by atoms with van der Waals surface area (Å²) in [4.78, 5) is 0. The first kappa shape index (κ1) is 28.2. The van der Waals surface area contributed by atoms with E-state index in [9.17, 15) is 0 Å². The summed E-state index contributed by atoms with van der Waals surface area (Å²) in [5.41, 5.74) is 0. The lowest BCUT2D eigenvalue weighted by Gasteiger charge is -2.06. The Morgan fingerprint density at radius 2 is 1.00 bits per heavy atom. The van der Waals surface area contributed by atoms with Crippen molar-refractivity contribution in [1.82, 2.24) is 4.57 Å². The maximum Gasteiger partial charge on any atom is 0.256 e. The summed E-state index contributed by atoms with van der Waals surface area (Å²) in [6.45, 7) is 9.31. The third-order valence-electron chi connectivity index (χ3n) is 6.85. The van der Waals surface area contributed by atoms with Crippen LogP contribution in [0.2, 0.25) is 0 Å². The van der Waals surface area contributed by atoms with Crippen molar-refractivity contribution in [3.05, 3.63) is 18.2 Å². The van der Waals surface area contributed by atoms with Gasteiger partial charge in [-0.2, -0.15) is 0 Å². The van der Waals surface area contributed by atoms with Gasteiger partial charge in [0.05, 0.1) is 13.1 Å². The number of nitrogens with zero attached hydrogens (tertiary/aromatic N) is 2. The van der Waals surface area contributed by atoms with E-state index in [1.807, 2.05) is 0 Å². The topological polar surface area (TPSA) is 8.81 Å². The Balaban J connectivity index is 1.98. The molecule has 1 heterocycles. The first-order valence-electron chi connectivity index (χ1n) is 14.4. The smallest absolute Gasteiger partial charge is 0.234 e. The van der Waals surface area contributed by atoms with Gasteiger partial charge in [0.15, 0.2) is 0 Å². The largest absolute Gasteiger partial charge is 0.256 e. The second-order valence-electron chi connectivity index (χ2n) is 9.86. The van der Waals surface area contributed by atoms with Gasteiger partial charge in [-0.3, -0.25) is 0 Å². The monoisotopic (exact) mass is 433 g/mol. The van der Waals surface area contributed by atoms with Crippen molar-refractivity contribution >= 4 is 0 Å². The van der Waals surface area contributed by atoms with Gasteiger partial charge < -0.3 is 0 Å². The van der Waals surface area contributed by atoms with Gasteiger partial charge in [-0.1, -0.05) is 124 Å². The van der Waals surface area contributed by atoms with Crippen LogP contribution < -0.4 is 4.57 Å². The molecule has 1 aromatic rings. The van der Waals surface area contributed by atoms with Crippen LogP contribution in [0.25, 0.3) is 0 Å². The molecule has 0 aliphatic rings. The van der Waals surface area contributed by atoms with Gasteiger partial charge in [-0.15, -0.1) is 0 Å². The van der Waals surface area contributed by atoms with E-state index < -0.39 is 0 Å². The molecule has 0 aliphatic carbocycles. The second-order valence-corrected chi connectivity index (χ2v) is 9.86. The molecule has 31 heavy (non-hydrogen) atoms. The molecule has 1 aromatic heterocycles. The van der Waals surface area contributed by atoms with E-state index in [1.54, 1.807) is 5.82 Å². The fraction of sp³-hybridized carbons (Fsp3) is 0.897. The molecule has 0 spiro atoms. The molecular formula is C29H57N2+.